The van der Waals surface area contributed by atoms with Gasteiger partial charge in [0.25, 0.3) is 5.91 Å². The molecule has 0 bridgehead atoms. The molecule has 0 aliphatic rings. The summed E-state index contributed by atoms with van der Waals surface area (Å²) in [4.78, 5) is 12.4. The van der Waals surface area contributed by atoms with E-state index in [-0.39, 0.29) is 5.91 Å². The molecule has 0 unspecified atom stereocenters. The highest BCUT2D eigenvalue weighted by Gasteiger charge is 2.18. The molecular weight excluding hydrogens is 330 g/mol. The van der Waals surface area contributed by atoms with Crippen LogP contribution < -0.4 is 19.5 Å². The maximum Gasteiger partial charge on any atom is 0.265 e. The molecule has 1 atom stereocenters. The summed E-state index contributed by atoms with van der Waals surface area (Å²) >= 11 is 6.06. The molecule has 2 aromatic rings. The predicted octanol–water partition coefficient (Wildman–Crippen LogP) is 4.07. The van der Waals surface area contributed by atoms with Crippen LogP contribution in [0.2, 0.25) is 5.02 Å². The molecule has 0 aromatic heterocycles. The Labute approximate surface area is 146 Å². The first kappa shape index (κ1) is 17.9. The van der Waals surface area contributed by atoms with Gasteiger partial charge in [-0.2, -0.15) is 0 Å². The second kappa shape index (κ2) is 7.93. The number of anilines is 1. The highest BCUT2D eigenvalue weighted by molar-refractivity contribution is 6.32. The molecule has 0 aliphatic heterocycles. The van der Waals surface area contributed by atoms with Crippen molar-refractivity contribution in [3.63, 3.8) is 0 Å². The summed E-state index contributed by atoms with van der Waals surface area (Å²) in [5, 5.41) is 3.17. The van der Waals surface area contributed by atoms with E-state index in [4.69, 9.17) is 25.8 Å². The fourth-order valence-corrected chi connectivity index (χ4v) is 2.30. The maximum absolute atomic E-state index is 12.4. The lowest BCUT2D eigenvalue weighted by Gasteiger charge is -2.17. The molecule has 0 fully saturated rings. The molecule has 6 heteroatoms. The smallest absolute Gasteiger partial charge is 0.265 e. The van der Waals surface area contributed by atoms with E-state index in [9.17, 15) is 4.79 Å². The molecule has 0 aliphatic carbocycles. The number of halogens is 1. The Morgan fingerprint density at radius 3 is 2.29 bits per heavy atom. The summed E-state index contributed by atoms with van der Waals surface area (Å²) in [6.45, 7) is 3.66. The van der Waals surface area contributed by atoms with Gasteiger partial charge < -0.3 is 19.5 Å². The average molecular weight is 350 g/mol. The Morgan fingerprint density at radius 1 is 1.08 bits per heavy atom. The van der Waals surface area contributed by atoms with E-state index >= 15 is 0 Å². The molecule has 2 aromatic carbocycles. The van der Waals surface area contributed by atoms with E-state index < -0.39 is 6.10 Å². The minimum absolute atomic E-state index is 0.307. The quantitative estimate of drug-likeness (QED) is 0.854. The van der Waals surface area contributed by atoms with Gasteiger partial charge in [0, 0.05) is 12.1 Å². The summed E-state index contributed by atoms with van der Waals surface area (Å²) in [7, 11) is 3.00. The third kappa shape index (κ3) is 4.32. The highest BCUT2D eigenvalue weighted by Crippen LogP contribution is 2.36. The fourth-order valence-electron chi connectivity index (χ4n) is 2.07. The lowest BCUT2D eigenvalue weighted by molar-refractivity contribution is -0.122. The van der Waals surface area contributed by atoms with Gasteiger partial charge >= 0.3 is 0 Å². The second-order valence-electron chi connectivity index (χ2n) is 5.25. The summed E-state index contributed by atoms with van der Waals surface area (Å²) in [6, 6.07) is 10.7. The number of ether oxygens (including phenoxy) is 3. The van der Waals surface area contributed by atoms with E-state index in [1.165, 1.54) is 14.2 Å². The zero-order chi connectivity index (χ0) is 17.7. The van der Waals surface area contributed by atoms with Crippen molar-refractivity contribution in [1.29, 1.82) is 0 Å². The van der Waals surface area contributed by atoms with Gasteiger partial charge in [-0.15, -0.1) is 0 Å². The summed E-state index contributed by atoms with van der Waals surface area (Å²) in [5.74, 6) is 1.21. The predicted molar refractivity (Wildman–Crippen MR) is 94.5 cm³/mol. The second-order valence-corrected chi connectivity index (χ2v) is 5.66. The van der Waals surface area contributed by atoms with Gasteiger partial charge in [-0.1, -0.05) is 29.3 Å². The molecule has 5 nitrogen and oxygen atoms in total. The van der Waals surface area contributed by atoms with E-state index in [2.05, 4.69) is 5.32 Å². The van der Waals surface area contributed by atoms with Crippen LogP contribution in [-0.2, 0) is 4.79 Å². The lowest BCUT2D eigenvalue weighted by Crippen LogP contribution is -2.30. The maximum atomic E-state index is 12.4. The summed E-state index contributed by atoms with van der Waals surface area (Å²) < 4.78 is 16.1. The number of carbonyl (C=O) groups excluding carboxylic acids is 1. The summed E-state index contributed by atoms with van der Waals surface area (Å²) in [5.41, 5.74) is 1.58. The van der Waals surface area contributed by atoms with Gasteiger partial charge in [-0.05, 0) is 26.0 Å². The number of benzene rings is 2. The number of carbonyl (C=O) groups is 1. The van der Waals surface area contributed by atoms with Crippen LogP contribution in [0.15, 0.2) is 36.4 Å². The van der Waals surface area contributed by atoms with E-state index in [1.807, 2.05) is 31.2 Å². The Kier molecular flexibility index (Phi) is 5.93. The first-order valence-corrected chi connectivity index (χ1v) is 7.78. The SMILES string of the molecule is COc1cc(NC(=O)[C@@H](C)Oc2ccc(C)cc2)c(OC)cc1Cl. The summed E-state index contributed by atoms with van der Waals surface area (Å²) in [6.07, 6.45) is -0.681. The van der Waals surface area contributed by atoms with E-state index in [0.29, 0.717) is 28.0 Å². The first-order chi connectivity index (χ1) is 11.4. The minimum Gasteiger partial charge on any atom is -0.495 e. The Balaban J connectivity index is 2.12. The molecule has 0 spiro atoms. The van der Waals surface area contributed by atoms with Gasteiger partial charge in [0.15, 0.2) is 6.10 Å². The third-order valence-electron chi connectivity index (χ3n) is 3.43. The van der Waals surface area contributed by atoms with Gasteiger partial charge in [0.05, 0.1) is 24.9 Å². The van der Waals surface area contributed by atoms with Gasteiger partial charge in [-0.3, -0.25) is 4.79 Å². The Bertz CT molecular complexity index is 716. The Morgan fingerprint density at radius 2 is 1.71 bits per heavy atom. The molecule has 0 saturated carbocycles. The molecule has 0 radical (unpaired) electrons. The van der Waals surface area contributed by atoms with Crippen LogP contribution in [0.25, 0.3) is 0 Å². The zero-order valence-electron chi connectivity index (χ0n) is 14.1. The van der Waals surface area contributed by atoms with Crippen molar-refractivity contribution >= 4 is 23.2 Å². The number of aryl methyl sites for hydroxylation is 1. The first-order valence-electron chi connectivity index (χ1n) is 7.40. The topological polar surface area (TPSA) is 56.8 Å². The van der Waals surface area contributed by atoms with Crippen molar-refractivity contribution in [3.05, 3.63) is 47.0 Å². The van der Waals surface area contributed by atoms with Crippen LogP contribution in [-0.4, -0.2) is 26.2 Å². The molecule has 24 heavy (non-hydrogen) atoms. The highest BCUT2D eigenvalue weighted by atomic mass is 35.5. The molecule has 0 heterocycles. The van der Waals surface area contributed by atoms with Crippen molar-refractivity contribution in [2.75, 3.05) is 19.5 Å². The van der Waals surface area contributed by atoms with E-state index in [1.54, 1.807) is 19.1 Å². The third-order valence-corrected chi connectivity index (χ3v) is 3.73. The van der Waals surface area contributed by atoms with Crippen molar-refractivity contribution in [3.8, 4) is 17.2 Å². The van der Waals surface area contributed by atoms with Crippen molar-refractivity contribution in [2.24, 2.45) is 0 Å². The van der Waals surface area contributed by atoms with Gasteiger partial charge in [0.2, 0.25) is 0 Å². The van der Waals surface area contributed by atoms with Crippen LogP contribution in [0.1, 0.15) is 12.5 Å². The number of amides is 1. The molecular formula is C18H20ClNO4. The molecule has 2 rings (SSSR count). The van der Waals surface area contributed by atoms with Crippen LogP contribution in [0.5, 0.6) is 17.2 Å². The van der Waals surface area contributed by atoms with Crippen molar-refractivity contribution in [1.82, 2.24) is 0 Å². The standard InChI is InChI=1S/C18H20ClNO4/c1-11-5-7-13(8-6-11)24-12(2)18(21)20-15-10-16(22-3)14(19)9-17(15)23-4/h5-10,12H,1-4H3,(H,20,21)/t12-/m1/s1. The lowest BCUT2D eigenvalue weighted by atomic mass is 10.2. The fraction of sp³-hybridized carbons (Fsp3) is 0.278. The average Bonchev–Trinajstić information content (AvgIpc) is 2.57. The molecule has 1 amide bonds. The van der Waals surface area contributed by atoms with Crippen LogP contribution >= 0.6 is 11.6 Å². The van der Waals surface area contributed by atoms with Crippen LogP contribution in [0, 0.1) is 6.92 Å². The normalized spacial score (nSPS) is 11.5. The Hall–Kier alpha value is -2.40. The minimum atomic E-state index is -0.681. The number of hydrogen-bond donors (Lipinski definition) is 1. The van der Waals surface area contributed by atoms with Crippen LogP contribution in [0.4, 0.5) is 5.69 Å². The number of nitrogens with one attached hydrogen (secondary N) is 1. The number of hydrogen-bond acceptors (Lipinski definition) is 4. The largest absolute Gasteiger partial charge is 0.495 e. The van der Waals surface area contributed by atoms with Gasteiger partial charge in [0.1, 0.15) is 17.2 Å². The molecule has 1 N–H and O–H groups in total. The van der Waals surface area contributed by atoms with Crippen molar-refractivity contribution < 1.29 is 19.0 Å². The van der Waals surface area contributed by atoms with Crippen molar-refractivity contribution in [2.45, 2.75) is 20.0 Å². The van der Waals surface area contributed by atoms with Crippen LogP contribution in [0.3, 0.4) is 0 Å². The number of methoxy groups -OCH3 is 2. The zero-order valence-corrected chi connectivity index (χ0v) is 14.8. The van der Waals surface area contributed by atoms with Gasteiger partial charge in [-0.25, -0.2) is 0 Å². The monoisotopic (exact) mass is 349 g/mol. The molecule has 0 saturated heterocycles. The number of rotatable bonds is 6. The van der Waals surface area contributed by atoms with E-state index in [0.717, 1.165) is 5.56 Å². The molecule has 128 valence electrons.